The SMILES string of the molecule is CC(=O)CC[C@@H](C)C1=CCC2C3CC=C4C[C@@H](O)CC[C@]4(C)C3CC[C@]12C.C[C@]12CC[C@H](O)CC1=CCC1C2CC[C@]2(C)C(=O)CCC12. The third kappa shape index (κ3) is 5.52. The lowest BCUT2D eigenvalue weighted by molar-refractivity contribution is -0.132. The number of allylic oxidation sites excluding steroid dienone is 4. The maximum absolute atomic E-state index is 12.4. The molecule has 266 valence electrons. The zero-order chi connectivity index (χ0) is 34.2. The van der Waals surface area contributed by atoms with Gasteiger partial charge in [0.05, 0.1) is 12.2 Å². The predicted octanol–water partition coefficient (Wildman–Crippen LogP) is 9.73. The van der Waals surface area contributed by atoms with Crippen LogP contribution in [0.2, 0.25) is 0 Å². The lowest BCUT2D eigenvalue weighted by Gasteiger charge is -2.58. The monoisotopic (exact) mass is 658 g/mol. The Morgan fingerprint density at radius 3 is 1.77 bits per heavy atom. The van der Waals surface area contributed by atoms with Crippen LogP contribution in [0.3, 0.4) is 0 Å². The van der Waals surface area contributed by atoms with Gasteiger partial charge in [0, 0.05) is 18.3 Å². The molecule has 0 saturated heterocycles. The summed E-state index contributed by atoms with van der Waals surface area (Å²) in [5, 5.41) is 20.2. The van der Waals surface area contributed by atoms with Crippen molar-refractivity contribution in [3.63, 3.8) is 0 Å². The maximum atomic E-state index is 12.4. The van der Waals surface area contributed by atoms with E-state index in [4.69, 9.17) is 0 Å². The van der Waals surface area contributed by atoms with Gasteiger partial charge in [-0.15, -0.1) is 0 Å². The van der Waals surface area contributed by atoms with Gasteiger partial charge in [-0.3, -0.25) is 4.79 Å². The van der Waals surface area contributed by atoms with Crippen LogP contribution in [0.1, 0.15) is 151 Å². The summed E-state index contributed by atoms with van der Waals surface area (Å²) in [4.78, 5) is 23.8. The van der Waals surface area contributed by atoms with Crippen LogP contribution in [-0.4, -0.2) is 34.0 Å². The Morgan fingerprint density at radius 1 is 0.708 bits per heavy atom. The Hall–Kier alpha value is -1.52. The van der Waals surface area contributed by atoms with Gasteiger partial charge in [0.2, 0.25) is 0 Å². The number of carbonyl (C=O) groups is 2. The summed E-state index contributed by atoms with van der Waals surface area (Å²) in [5.74, 6) is 5.82. The standard InChI is InChI=1S/C25H38O2.C19H28O2/c1-16(5-6-17(2)26)21-9-10-22-20-8-7-18-15-19(27)11-13-24(18,3)23(20)12-14-25(21,22)4;1-18-9-7-13(20)11-12(18)3-4-14-15-5-6-17(21)19(15,2)10-8-16(14)18/h7,9,16,19-20,22-23,27H,5-6,8,10-15H2,1-4H3;3,13-16,20H,4-11H2,1-2H3/t16-,19+,20?,22?,23?,24+,25-;13-,14?,15?,16?,18-,19-/m10/s1. The second-order valence-corrected chi connectivity index (χ2v) is 19.2. The Labute approximate surface area is 291 Å². The van der Waals surface area contributed by atoms with Crippen LogP contribution < -0.4 is 0 Å². The molecule has 8 aliphatic rings. The molecular formula is C44H66O4. The summed E-state index contributed by atoms with van der Waals surface area (Å²) >= 11 is 0. The van der Waals surface area contributed by atoms with Crippen molar-refractivity contribution in [2.24, 2.45) is 63.1 Å². The summed E-state index contributed by atoms with van der Waals surface area (Å²) < 4.78 is 0. The molecule has 8 aliphatic carbocycles. The molecule has 0 aromatic rings. The molecule has 8 rings (SSSR count). The van der Waals surface area contributed by atoms with E-state index in [1.807, 2.05) is 0 Å². The van der Waals surface area contributed by atoms with Crippen LogP contribution in [0.15, 0.2) is 34.9 Å². The average molecular weight is 659 g/mol. The van der Waals surface area contributed by atoms with Crippen LogP contribution in [-0.2, 0) is 9.59 Å². The van der Waals surface area contributed by atoms with E-state index < -0.39 is 0 Å². The minimum Gasteiger partial charge on any atom is -0.393 e. The first-order valence-electron chi connectivity index (χ1n) is 20.2. The van der Waals surface area contributed by atoms with Gasteiger partial charge in [-0.05, 0) is 161 Å². The van der Waals surface area contributed by atoms with Crippen molar-refractivity contribution in [3.8, 4) is 0 Å². The topological polar surface area (TPSA) is 74.6 Å². The Kier molecular flexibility index (Phi) is 9.17. The van der Waals surface area contributed by atoms with E-state index in [1.54, 1.807) is 18.1 Å². The minimum atomic E-state index is -0.122. The van der Waals surface area contributed by atoms with Gasteiger partial charge in [-0.25, -0.2) is 0 Å². The van der Waals surface area contributed by atoms with Gasteiger partial charge in [-0.1, -0.05) is 69.6 Å². The summed E-state index contributed by atoms with van der Waals surface area (Å²) in [6, 6.07) is 0. The summed E-state index contributed by atoms with van der Waals surface area (Å²) in [7, 11) is 0. The zero-order valence-electron chi connectivity index (χ0n) is 31.2. The number of aliphatic hydroxyl groups is 2. The van der Waals surface area contributed by atoms with Crippen LogP contribution in [0.25, 0.3) is 0 Å². The highest BCUT2D eigenvalue weighted by atomic mass is 16.3. The number of ketones is 2. The molecule has 0 aromatic carbocycles. The smallest absolute Gasteiger partial charge is 0.139 e. The maximum Gasteiger partial charge on any atom is 0.139 e. The van der Waals surface area contributed by atoms with Crippen molar-refractivity contribution < 1.29 is 19.8 Å². The quantitative estimate of drug-likeness (QED) is 0.295. The molecular weight excluding hydrogens is 592 g/mol. The van der Waals surface area contributed by atoms with E-state index in [1.165, 1.54) is 44.1 Å². The third-order valence-corrected chi connectivity index (χ3v) is 17.0. The van der Waals surface area contributed by atoms with Crippen LogP contribution in [0, 0.1) is 63.1 Å². The zero-order valence-corrected chi connectivity index (χ0v) is 31.2. The van der Waals surface area contributed by atoms with Gasteiger partial charge in [0.1, 0.15) is 11.6 Å². The molecule has 0 aliphatic heterocycles. The van der Waals surface area contributed by atoms with Gasteiger partial charge < -0.3 is 15.0 Å². The van der Waals surface area contributed by atoms with Gasteiger partial charge in [0.15, 0.2) is 0 Å². The van der Waals surface area contributed by atoms with Crippen molar-refractivity contribution in [1.29, 1.82) is 0 Å². The molecule has 6 unspecified atom stereocenters. The molecule has 5 saturated carbocycles. The molecule has 0 bridgehead atoms. The predicted molar refractivity (Wildman–Crippen MR) is 193 cm³/mol. The first-order valence-corrected chi connectivity index (χ1v) is 20.2. The Bertz CT molecular complexity index is 1390. The van der Waals surface area contributed by atoms with E-state index in [0.29, 0.717) is 45.6 Å². The highest BCUT2D eigenvalue weighted by Crippen LogP contribution is 2.66. The Balaban J connectivity index is 0.000000156. The molecule has 4 heteroatoms. The fraction of sp³-hybridized carbons (Fsp3) is 0.818. The highest BCUT2D eigenvalue weighted by molar-refractivity contribution is 5.87. The molecule has 4 nitrogen and oxygen atoms in total. The minimum absolute atomic E-state index is 0.0168. The second-order valence-electron chi connectivity index (χ2n) is 19.2. The van der Waals surface area contributed by atoms with Crippen molar-refractivity contribution in [3.05, 3.63) is 34.9 Å². The second kappa shape index (κ2) is 12.6. The van der Waals surface area contributed by atoms with Crippen molar-refractivity contribution in [2.75, 3.05) is 0 Å². The normalized spacial score (nSPS) is 48.1. The molecule has 0 aromatic heterocycles. The number of Topliss-reactive ketones (excluding diaryl/α,β-unsaturated/α-hetero) is 2. The summed E-state index contributed by atoms with van der Waals surface area (Å²) in [6.45, 7) is 13.8. The number of hydrogen-bond acceptors (Lipinski definition) is 4. The largest absolute Gasteiger partial charge is 0.393 e. The number of carbonyl (C=O) groups excluding carboxylic acids is 2. The summed E-state index contributed by atoms with van der Waals surface area (Å²) in [5.41, 5.74) is 5.69. The lowest BCUT2D eigenvalue weighted by Crippen LogP contribution is -2.50. The third-order valence-electron chi connectivity index (χ3n) is 17.0. The number of fused-ring (bicyclic) bond motifs is 10. The van der Waals surface area contributed by atoms with Gasteiger partial charge in [-0.2, -0.15) is 0 Å². The molecule has 48 heavy (non-hydrogen) atoms. The van der Waals surface area contributed by atoms with E-state index in [9.17, 15) is 19.8 Å². The van der Waals surface area contributed by atoms with E-state index in [0.717, 1.165) is 94.3 Å². The van der Waals surface area contributed by atoms with Crippen LogP contribution >= 0.6 is 0 Å². The Morgan fingerprint density at radius 2 is 1.21 bits per heavy atom. The van der Waals surface area contributed by atoms with Crippen molar-refractivity contribution in [2.45, 2.75) is 163 Å². The molecule has 0 heterocycles. The van der Waals surface area contributed by atoms with E-state index >= 15 is 0 Å². The van der Waals surface area contributed by atoms with Crippen molar-refractivity contribution >= 4 is 11.6 Å². The number of aliphatic hydroxyl groups excluding tert-OH is 2. The molecule has 0 spiro atoms. The molecule has 13 atom stereocenters. The number of hydrogen-bond donors (Lipinski definition) is 2. The highest BCUT2D eigenvalue weighted by Gasteiger charge is 2.59. The van der Waals surface area contributed by atoms with E-state index in [-0.39, 0.29) is 17.6 Å². The molecule has 0 radical (unpaired) electrons. The van der Waals surface area contributed by atoms with E-state index in [2.05, 4.69) is 52.8 Å². The first-order chi connectivity index (χ1) is 22.7. The average Bonchev–Trinajstić information content (AvgIpc) is 3.56. The van der Waals surface area contributed by atoms with Crippen LogP contribution in [0.4, 0.5) is 0 Å². The lowest BCUT2D eigenvalue weighted by atomic mass is 9.47. The van der Waals surface area contributed by atoms with Crippen LogP contribution in [0.5, 0.6) is 0 Å². The molecule has 2 N–H and O–H groups in total. The fourth-order valence-corrected chi connectivity index (χ4v) is 14.0. The first kappa shape index (κ1) is 34.9. The summed E-state index contributed by atoms with van der Waals surface area (Å²) in [6.07, 6.45) is 25.5. The fourth-order valence-electron chi connectivity index (χ4n) is 14.0. The van der Waals surface area contributed by atoms with Gasteiger partial charge >= 0.3 is 0 Å². The number of rotatable bonds is 4. The molecule has 5 fully saturated rings. The molecule has 0 amide bonds. The van der Waals surface area contributed by atoms with Gasteiger partial charge in [0.25, 0.3) is 0 Å². The van der Waals surface area contributed by atoms with Crippen molar-refractivity contribution in [1.82, 2.24) is 0 Å².